The van der Waals surface area contributed by atoms with E-state index in [1.165, 1.54) is 0 Å². The minimum Gasteiger partial charge on any atom is -0.490 e. The second kappa shape index (κ2) is 19.5. The summed E-state index contributed by atoms with van der Waals surface area (Å²) < 4.78 is 41.5. The number of anilines is 1. The van der Waals surface area contributed by atoms with Crippen molar-refractivity contribution in [2.45, 2.75) is 75.7 Å². The van der Waals surface area contributed by atoms with Crippen molar-refractivity contribution in [3.63, 3.8) is 0 Å². The lowest BCUT2D eigenvalue weighted by Crippen LogP contribution is -2.58. The van der Waals surface area contributed by atoms with Crippen LogP contribution in [0.4, 0.5) is 10.5 Å². The average Bonchev–Trinajstić information content (AvgIpc) is 3.10. The maximum atomic E-state index is 12.7. The van der Waals surface area contributed by atoms with Gasteiger partial charge in [-0.05, 0) is 74.1 Å². The molecule has 2 aromatic rings. The van der Waals surface area contributed by atoms with Crippen LogP contribution in [0.3, 0.4) is 0 Å². The molecule has 14 nitrogen and oxygen atoms in total. The zero-order chi connectivity index (χ0) is 34.4. The van der Waals surface area contributed by atoms with Crippen molar-refractivity contribution in [1.82, 2.24) is 10.7 Å². The Balaban J connectivity index is 1.20. The fraction of sp³-hybridized carbons (Fsp3) is 0.618. The van der Waals surface area contributed by atoms with E-state index >= 15 is 0 Å². The third-order valence-corrected chi connectivity index (χ3v) is 8.95. The van der Waals surface area contributed by atoms with E-state index in [0.717, 1.165) is 67.9 Å². The topological polar surface area (TPSA) is 150 Å². The molecule has 1 saturated heterocycles. The van der Waals surface area contributed by atoms with Crippen molar-refractivity contribution in [3.8, 4) is 11.5 Å². The van der Waals surface area contributed by atoms with Gasteiger partial charge in [0.1, 0.15) is 36.4 Å². The molecule has 0 spiro atoms. The van der Waals surface area contributed by atoms with Gasteiger partial charge in [-0.3, -0.25) is 15.3 Å². The van der Waals surface area contributed by atoms with Crippen molar-refractivity contribution in [2.24, 2.45) is 0 Å². The zero-order valence-corrected chi connectivity index (χ0v) is 28.6. The van der Waals surface area contributed by atoms with Gasteiger partial charge in [0.05, 0.1) is 49.7 Å². The smallest absolute Gasteiger partial charge is 0.490 e. The number of methoxy groups -OCH3 is 1. The van der Waals surface area contributed by atoms with Crippen molar-refractivity contribution < 1.29 is 53.2 Å². The molecule has 15 heteroatoms. The summed E-state index contributed by atoms with van der Waals surface area (Å²) in [5, 5.41) is 20.9. The number of carbonyl (C=O) groups is 1. The summed E-state index contributed by atoms with van der Waals surface area (Å²) in [6.07, 6.45) is 1.88. The number of piperidine rings is 1. The minimum absolute atomic E-state index is 0.0273. The fourth-order valence-corrected chi connectivity index (χ4v) is 6.38. The van der Waals surface area contributed by atoms with Crippen LogP contribution in [0.2, 0.25) is 5.02 Å². The molecule has 0 amide bonds. The molecule has 2 fully saturated rings. The third-order valence-electron chi connectivity index (χ3n) is 8.70. The third kappa shape index (κ3) is 11.8. The number of fused-ring (bicyclic) bond motifs is 1. The summed E-state index contributed by atoms with van der Waals surface area (Å²) in [5.74, 6) is 1.64. The molecule has 1 saturated carbocycles. The predicted octanol–water partition coefficient (Wildman–Crippen LogP) is 4.76. The van der Waals surface area contributed by atoms with Crippen molar-refractivity contribution >= 4 is 23.4 Å². The SMILES string of the molecule is COCCCN1CCOc2ccc(COC3CNCC(OC(=O)OCCCON(O)O)C3OC3CCC(Oc4ccc(Cl)cc4)CC3)cc21. The van der Waals surface area contributed by atoms with E-state index in [2.05, 4.69) is 21.1 Å². The van der Waals surface area contributed by atoms with Gasteiger partial charge in [-0.15, -0.1) is 0 Å². The Bertz CT molecular complexity index is 1280. The highest BCUT2D eigenvalue weighted by molar-refractivity contribution is 6.30. The average molecular weight is 710 g/mol. The molecule has 0 bridgehead atoms. The molecule has 3 N–H and O–H groups in total. The highest BCUT2D eigenvalue weighted by Gasteiger charge is 2.40. The second-order valence-corrected chi connectivity index (χ2v) is 12.7. The van der Waals surface area contributed by atoms with E-state index in [1.807, 2.05) is 36.4 Å². The predicted molar refractivity (Wildman–Crippen MR) is 177 cm³/mol. The van der Waals surface area contributed by atoms with Crippen molar-refractivity contribution in [2.75, 3.05) is 64.6 Å². The molecule has 2 heterocycles. The van der Waals surface area contributed by atoms with Gasteiger partial charge in [0.2, 0.25) is 0 Å². The van der Waals surface area contributed by atoms with Crippen LogP contribution >= 0.6 is 11.6 Å². The Morgan fingerprint density at radius 3 is 2.55 bits per heavy atom. The normalized spacial score (nSPS) is 23.9. The van der Waals surface area contributed by atoms with Gasteiger partial charge < -0.3 is 43.4 Å². The Morgan fingerprint density at radius 1 is 1.00 bits per heavy atom. The number of hydrogen-bond donors (Lipinski definition) is 3. The first-order valence-electron chi connectivity index (χ1n) is 16.9. The number of nitrogens with zero attached hydrogens (tertiary/aromatic N) is 2. The largest absolute Gasteiger partial charge is 0.508 e. The molecule has 3 atom stereocenters. The Hall–Kier alpha value is -2.92. The van der Waals surface area contributed by atoms with Crippen LogP contribution in [-0.2, 0) is 35.1 Å². The summed E-state index contributed by atoms with van der Waals surface area (Å²) in [4.78, 5) is 19.5. The minimum atomic E-state index is -0.853. The molecule has 272 valence electrons. The summed E-state index contributed by atoms with van der Waals surface area (Å²) >= 11 is 6.02. The van der Waals surface area contributed by atoms with Gasteiger partial charge in [0.15, 0.2) is 0 Å². The summed E-state index contributed by atoms with van der Waals surface area (Å²) in [6, 6.07) is 13.5. The van der Waals surface area contributed by atoms with E-state index in [9.17, 15) is 4.79 Å². The summed E-state index contributed by atoms with van der Waals surface area (Å²) in [7, 11) is 1.71. The lowest BCUT2D eigenvalue weighted by Gasteiger charge is -2.40. The van der Waals surface area contributed by atoms with Crippen molar-refractivity contribution in [1.29, 1.82) is 0 Å². The lowest BCUT2D eigenvalue weighted by molar-refractivity contribution is -0.492. The maximum absolute atomic E-state index is 12.7. The number of ether oxygens (including phenoxy) is 7. The molecule has 1 aliphatic carbocycles. The van der Waals surface area contributed by atoms with Crippen LogP contribution in [0.5, 0.6) is 11.5 Å². The van der Waals surface area contributed by atoms with E-state index in [0.29, 0.717) is 37.9 Å². The summed E-state index contributed by atoms with van der Waals surface area (Å²) in [5.41, 5.74) is 2.03. The second-order valence-electron chi connectivity index (χ2n) is 12.3. The van der Waals surface area contributed by atoms with Crippen LogP contribution in [0.15, 0.2) is 42.5 Å². The summed E-state index contributed by atoms with van der Waals surface area (Å²) in [6.45, 7) is 4.14. The fourth-order valence-electron chi connectivity index (χ4n) is 6.25. The van der Waals surface area contributed by atoms with Crippen LogP contribution in [0.25, 0.3) is 0 Å². The van der Waals surface area contributed by atoms with E-state index in [-0.39, 0.29) is 37.2 Å². The van der Waals surface area contributed by atoms with Gasteiger partial charge in [-0.25, -0.2) is 4.79 Å². The Kier molecular flexibility index (Phi) is 14.8. The first-order chi connectivity index (χ1) is 23.9. The first kappa shape index (κ1) is 37.3. The number of halogens is 1. The van der Waals surface area contributed by atoms with Gasteiger partial charge in [0.25, 0.3) is 0 Å². The standard InChI is InChI=1S/C34H48ClN3O11/c1-42-16-2-14-37-15-19-43-30-13-4-24(20-29(30)37)23-45-31-21-36-22-32(49-34(39)44-17-3-18-46-38(40)41)33(31)48-28-11-9-27(10-12-28)47-26-7-5-25(35)6-8-26/h4-8,13,20,27-28,31-33,36,40-41H,2-3,9-12,14-19,21-23H2,1H3. The van der Waals surface area contributed by atoms with Crippen LogP contribution in [-0.4, -0.2) is 112 Å². The highest BCUT2D eigenvalue weighted by Crippen LogP contribution is 2.34. The van der Waals surface area contributed by atoms with Crippen LogP contribution in [0, 0.1) is 0 Å². The van der Waals surface area contributed by atoms with Gasteiger partial charge in [-0.2, -0.15) is 0 Å². The maximum Gasteiger partial charge on any atom is 0.508 e. The quantitative estimate of drug-likeness (QED) is 0.118. The Labute approximate surface area is 291 Å². The number of benzene rings is 2. The molecular formula is C34H48ClN3O11. The van der Waals surface area contributed by atoms with Gasteiger partial charge in [-0.1, -0.05) is 17.7 Å². The molecule has 5 rings (SSSR count). The van der Waals surface area contributed by atoms with E-state index < -0.39 is 24.5 Å². The lowest BCUT2D eigenvalue weighted by atomic mass is 9.94. The molecular weight excluding hydrogens is 662 g/mol. The van der Waals surface area contributed by atoms with Crippen molar-refractivity contribution in [3.05, 3.63) is 53.1 Å². The van der Waals surface area contributed by atoms with Crippen LogP contribution < -0.4 is 19.7 Å². The zero-order valence-electron chi connectivity index (χ0n) is 27.9. The van der Waals surface area contributed by atoms with Gasteiger partial charge >= 0.3 is 6.16 Å². The number of nitrogens with one attached hydrogen (secondary N) is 1. The number of hydrogen-bond acceptors (Lipinski definition) is 14. The molecule has 3 aliphatic rings. The van der Waals surface area contributed by atoms with Crippen LogP contribution in [0.1, 0.15) is 44.1 Å². The molecule has 2 aliphatic heterocycles. The van der Waals surface area contributed by atoms with E-state index in [4.69, 9.17) is 55.2 Å². The first-order valence-corrected chi connectivity index (χ1v) is 17.3. The van der Waals surface area contributed by atoms with E-state index in [1.54, 1.807) is 7.11 Å². The number of carbonyl (C=O) groups excluding carboxylic acids is 1. The van der Waals surface area contributed by atoms with Gasteiger partial charge in [0, 0.05) is 44.8 Å². The monoisotopic (exact) mass is 709 g/mol. The molecule has 0 aromatic heterocycles. The highest BCUT2D eigenvalue weighted by atomic mass is 35.5. The Morgan fingerprint density at radius 2 is 1.78 bits per heavy atom. The molecule has 2 aromatic carbocycles. The molecule has 0 radical (unpaired) electrons. The number of rotatable bonds is 17. The molecule has 3 unspecified atom stereocenters. The molecule has 49 heavy (non-hydrogen) atoms.